The molecule has 0 aliphatic carbocycles. The molecule has 0 spiro atoms. The third kappa shape index (κ3) is 4.29. The summed E-state index contributed by atoms with van der Waals surface area (Å²) < 4.78 is 0. The van der Waals surface area contributed by atoms with Crippen LogP contribution in [-0.4, -0.2) is 18.6 Å². The number of rotatable bonds is 7. The Kier molecular flexibility index (Phi) is 5.76. The Morgan fingerprint density at radius 1 is 1.24 bits per heavy atom. The van der Waals surface area contributed by atoms with Crippen molar-refractivity contribution < 1.29 is 0 Å². The Morgan fingerprint density at radius 2 is 1.95 bits per heavy atom. The van der Waals surface area contributed by atoms with Gasteiger partial charge in [0.1, 0.15) is 0 Å². The topological polar surface area (TPSA) is 28.2 Å². The van der Waals surface area contributed by atoms with Crippen molar-refractivity contribution in [3.63, 3.8) is 0 Å². The zero-order valence-corrected chi connectivity index (χ0v) is 14.2. The first-order valence-electron chi connectivity index (χ1n) is 7.59. The predicted molar refractivity (Wildman–Crippen MR) is 92.1 cm³/mol. The van der Waals surface area contributed by atoms with E-state index < -0.39 is 0 Å². The summed E-state index contributed by atoms with van der Waals surface area (Å²) in [5.41, 5.74) is 3.74. The first-order chi connectivity index (χ1) is 10.1. The molecule has 1 atom stereocenters. The van der Waals surface area contributed by atoms with E-state index in [1.807, 2.05) is 0 Å². The van der Waals surface area contributed by atoms with Crippen molar-refractivity contribution in [1.82, 2.24) is 10.3 Å². The molecule has 0 radical (unpaired) electrons. The fraction of sp³-hybridized carbons (Fsp3) is 0.471. The molecule has 2 rings (SSSR count). The van der Waals surface area contributed by atoms with Gasteiger partial charge in [0.25, 0.3) is 0 Å². The van der Waals surface area contributed by atoms with Crippen LogP contribution in [0.2, 0.25) is 0 Å². The van der Waals surface area contributed by atoms with Crippen molar-refractivity contribution in [2.75, 3.05) is 18.5 Å². The molecule has 3 nitrogen and oxygen atoms in total. The molecule has 1 aromatic carbocycles. The zero-order valence-electron chi connectivity index (χ0n) is 13.4. The lowest BCUT2D eigenvalue weighted by Gasteiger charge is -2.20. The number of nitrogens with zero attached hydrogens (tertiary/aromatic N) is 2. The molecular formula is C17H25N3S. The predicted octanol–water partition coefficient (Wildman–Crippen LogP) is 4.15. The van der Waals surface area contributed by atoms with Gasteiger partial charge < -0.3 is 10.2 Å². The number of thiazole rings is 1. The summed E-state index contributed by atoms with van der Waals surface area (Å²) in [7, 11) is 2.12. The highest BCUT2D eigenvalue weighted by Crippen LogP contribution is 2.22. The Morgan fingerprint density at radius 3 is 2.48 bits per heavy atom. The molecule has 0 bridgehead atoms. The maximum atomic E-state index is 4.53. The van der Waals surface area contributed by atoms with E-state index in [2.05, 4.69) is 72.7 Å². The lowest BCUT2D eigenvalue weighted by molar-refractivity contribution is 0.537. The number of nitrogens with one attached hydrogen (secondary N) is 1. The van der Waals surface area contributed by atoms with Gasteiger partial charge in [0, 0.05) is 24.2 Å². The van der Waals surface area contributed by atoms with Crippen LogP contribution in [0.1, 0.15) is 42.6 Å². The molecule has 1 unspecified atom stereocenters. The van der Waals surface area contributed by atoms with Crippen LogP contribution < -0.4 is 10.2 Å². The summed E-state index contributed by atoms with van der Waals surface area (Å²) in [6, 6.07) is 9.32. The van der Waals surface area contributed by atoms with E-state index in [0.717, 1.165) is 30.2 Å². The second kappa shape index (κ2) is 7.57. The lowest BCUT2D eigenvalue weighted by Crippen LogP contribution is -2.20. The average Bonchev–Trinajstić information content (AvgIpc) is 2.90. The number of hydrogen-bond acceptors (Lipinski definition) is 4. The molecular weight excluding hydrogens is 278 g/mol. The molecule has 114 valence electrons. The maximum absolute atomic E-state index is 4.53. The molecule has 0 aliphatic rings. The molecule has 0 aliphatic heterocycles. The normalized spacial score (nSPS) is 12.4. The average molecular weight is 303 g/mol. The van der Waals surface area contributed by atoms with Gasteiger partial charge in [0.15, 0.2) is 0 Å². The summed E-state index contributed by atoms with van der Waals surface area (Å²) >= 11 is 1.71. The molecule has 0 saturated heterocycles. The van der Waals surface area contributed by atoms with Crippen molar-refractivity contribution in [3.8, 4) is 0 Å². The van der Waals surface area contributed by atoms with Gasteiger partial charge in [-0.3, -0.25) is 0 Å². The highest BCUT2D eigenvalue weighted by atomic mass is 32.1. The van der Waals surface area contributed by atoms with Crippen LogP contribution in [0.15, 0.2) is 29.6 Å². The number of anilines is 1. The van der Waals surface area contributed by atoms with Gasteiger partial charge in [0.2, 0.25) is 0 Å². The monoisotopic (exact) mass is 303 g/mol. The van der Waals surface area contributed by atoms with E-state index in [9.17, 15) is 0 Å². The third-order valence-electron chi connectivity index (χ3n) is 3.66. The largest absolute Gasteiger partial charge is 0.369 e. The lowest BCUT2D eigenvalue weighted by atomic mass is 10.0. The van der Waals surface area contributed by atoms with Crippen LogP contribution in [0.3, 0.4) is 0 Å². The molecule has 4 heteroatoms. The summed E-state index contributed by atoms with van der Waals surface area (Å²) in [5.74, 6) is 0. The number of aromatic nitrogens is 1. The van der Waals surface area contributed by atoms with E-state index in [-0.39, 0.29) is 0 Å². The van der Waals surface area contributed by atoms with Crippen molar-refractivity contribution in [2.45, 2.75) is 39.8 Å². The van der Waals surface area contributed by atoms with Crippen molar-refractivity contribution >= 4 is 17.0 Å². The quantitative estimate of drug-likeness (QED) is 0.833. The molecule has 0 fully saturated rings. The fourth-order valence-corrected chi connectivity index (χ4v) is 3.12. The second-order valence-corrected chi connectivity index (χ2v) is 6.39. The summed E-state index contributed by atoms with van der Waals surface area (Å²) in [5, 5.41) is 6.78. The Balaban J connectivity index is 2.03. The Bertz CT molecular complexity index is 547. The van der Waals surface area contributed by atoms with Crippen molar-refractivity contribution in [3.05, 3.63) is 45.9 Å². The van der Waals surface area contributed by atoms with Crippen LogP contribution in [0.4, 0.5) is 5.69 Å². The van der Waals surface area contributed by atoms with Crippen LogP contribution in [0.5, 0.6) is 0 Å². The fourth-order valence-electron chi connectivity index (χ4n) is 2.52. The van der Waals surface area contributed by atoms with E-state index in [0.29, 0.717) is 6.04 Å². The first-order valence-corrected chi connectivity index (χ1v) is 8.47. The summed E-state index contributed by atoms with van der Waals surface area (Å²) in [6.07, 6.45) is 1.11. The number of aryl methyl sites for hydroxylation is 1. The van der Waals surface area contributed by atoms with E-state index >= 15 is 0 Å². The third-order valence-corrected chi connectivity index (χ3v) is 4.48. The van der Waals surface area contributed by atoms with Gasteiger partial charge in [-0.05, 0) is 37.6 Å². The van der Waals surface area contributed by atoms with Crippen LogP contribution >= 0.6 is 11.3 Å². The van der Waals surface area contributed by atoms with Gasteiger partial charge in [-0.1, -0.05) is 26.0 Å². The summed E-state index contributed by atoms with van der Waals surface area (Å²) in [4.78, 5) is 6.77. The first kappa shape index (κ1) is 16.0. The van der Waals surface area contributed by atoms with Crippen LogP contribution in [0.25, 0.3) is 0 Å². The molecule has 21 heavy (non-hydrogen) atoms. The minimum atomic E-state index is 0.454. The van der Waals surface area contributed by atoms with Crippen molar-refractivity contribution in [2.24, 2.45) is 0 Å². The Labute approximate surface area is 132 Å². The van der Waals surface area contributed by atoms with Gasteiger partial charge in [0.05, 0.1) is 17.2 Å². The highest BCUT2D eigenvalue weighted by Gasteiger charge is 2.09. The molecule has 0 saturated carbocycles. The number of benzene rings is 1. The van der Waals surface area contributed by atoms with Crippen molar-refractivity contribution in [1.29, 1.82) is 0 Å². The summed E-state index contributed by atoms with van der Waals surface area (Å²) in [6.45, 7) is 8.28. The minimum Gasteiger partial charge on any atom is -0.369 e. The molecule has 1 N–H and O–H groups in total. The van der Waals surface area contributed by atoms with Crippen LogP contribution in [0, 0.1) is 6.92 Å². The molecule has 1 aromatic heterocycles. The van der Waals surface area contributed by atoms with Gasteiger partial charge >= 0.3 is 0 Å². The maximum Gasteiger partial charge on any atom is 0.0898 e. The van der Waals surface area contributed by atoms with E-state index in [1.54, 1.807) is 11.3 Å². The molecule has 0 amide bonds. The zero-order chi connectivity index (χ0) is 15.2. The van der Waals surface area contributed by atoms with E-state index in [4.69, 9.17) is 0 Å². The van der Waals surface area contributed by atoms with Gasteiger partial charge in [-0.2, -0.15) is 0 Å². The standard InChI is InChI=1S/C17H25N3S/c1-5-17(18-6-2)14-7-9-16(10-8-14)20(4)11-15-12-21-13(3)19-15/h7-10,12,17-18H,5-6,11H2,1-4H3. The smallest absolute Gasteiger partial charge is 0.0898 e. The highest BCUT2D eigenvalue weighted by molar-refractivity contribution is 7.09. The number of hydrogen-bond donors (Lipinski definition) is 1. The minimum absolute atomic E-state index is 0.454. The second-order valence-electron chi connectivity index (χ2n) is 5.32. The molecule has 1 heterocycles. The molecule has 2 aromatic rings. The van der Waals surface area contributed by atoms with Gasteiger partial charge in [-0.15, -0.1) is 11.3 Å². The van der Waals surface area contributed by atoms with Gasteiger partial charge in [-0.25, -0.2) is 4.98 Å². The van der Waals surface area contributed by atoms with Crippen LogP contribution in [-0.2, 0) is 6.54 Å². The van der Waals surface area contributed by atoms with E-state index in [1.165, 1.54) is 11.3 Å². The Hall–Kier alpha value is -1.39. The SMILES string of the molecule is CCNC(CC)c1ccc(N(C)Cc2csc(C)n2)cc1.